The van der Waals surface area contributed by atoms with E-state index in [1.165, 1.54) is 12.1 Å². The van der Waals surface area contributed by atoms with Crippen molar-refractivity contribution in [1.29, 1.82) is 0 Å². The molecule has 0 aromatic heterocycles. The van der Waals surface area contributed by atoms with Crippen molar-refractivity contribution in [3.63, 3.8) is 0 Å². The Morgan fingerprint density at radius 2 is 1.81 bits per heavy atom. The first-order valence-electron chi connectivity index (χ1n) is 13.1. The average molecular weight is 512 g/mol. The normalized spacial score (nSPS) is 20.3. The first-order chi connectivity index (χ1) is 17.5. The maximum absolute atomic E-state index is 13.7. The SMILES string of the molecule is CC(C)[C@H]1CNCCN1C(=O)c1ccc(O[C@H]2CCN(C(=O)OC(C)(C)C)C2)c(-c2ccc(F)cc2)c1. The highest BCUT2D eigenvalue weighted by Gasteiger charge is 2.32. The van der Waals surface area contributed by atoms with Crippen LogP contribution in [0.5, 0.6) is 5.75 Å². The maximum Gasteiger partial charge on any atom is 0.410 e. The fourth-order valence-corrected chi connectivity index (χ4v) is 4.86. The van der Waals surface area contributed by atoms with E-state index in [0.717, 1.165) is 24.2 Å². The van der Waals surface area contributed by atoms with Crippen LogP contribution in [0.2, 0.25) is 0 Å². The van der Waals surface area contributed by atoms with E-state index in [1.807, 2.05) is 37.8 Å². The number of rotatable bonds is 5. The first kappa shape index (κ1) is 26.9. The zero-order valence-electron chi connectivity index (χ0n) is 22.4. The van der Waals surface area contributed by atoms with E-state index in [0.29, 0.717) is 43.3 Å². The van der Waals surface area contributed by atoms with E-state index in [-0.39, 0.29) is 30.0 Å². The fraction of sp³-hybridized carbons (Fsp3) is 0.517. The van der Waals surface area contributed by atoms with Gasteiger partial charge in [-0.25, -0.2) is 9.18 Å². The molecule has 37 heavy (non-hydrogen) atoms. The summed E-state index contributed by atoms with van der Waals surface area (Å²) in [4.78, 5) is 29.7. The van der Waals surface area contributed by atoms with E-state index < -0.39 is 5.60 Å². The van der Waals surface area contributed by atoms with Crippen LogP contribution in [0.1, 0.15) is 51.4 Å². The van der Waals surface area contributed by atoms with Crippen LogP contribution < -0.4 is 10.1 Å². The lowest BCUT2D eigenvalue weighted by Crippen LogP contribution is -2.55. The Bertz CT molecular complexity index is 1110. The number of benzene rings is 2. The van der Waals surface area contributed by atoms with Gasteiger partial charge in [-0.05, 0) is 62.6 Å². The second kappa shape index (κ2) is 11.1. The monoisotopic (exact) mass is 511 g/mol. The van der Waals surface area contributed by atoms with Gasteiger partial charge < -0.3 is 24.6 Å². The van der Waals surface area contributed by atoms with Crippen molar-refractivity contribution in [3.05, 3.63) is 53.8 Å². The fourth-order valence-electron chi connectivity index (χ4n) is 4.86. The molecule has 7 nitrogen and oxygen atoms in total. The lowest BCUT2D eigenvalue weighted by Gasteiger charge is -2.38. The van der Waals surface area contributed by atoms with Gasteiger partial charge in [0.25, 0.3) is 5.91 Å². The molecule has 2 saturated heterocycles. The first-order valence-corrected chi connectivity index (χ1v) is 13.1. The van der Waals surface area contributed by atoms with Gasteiger partial charge in [-0.1, -0.05) is 26.0 Å². The summed E-state index contributed by atoms with van der Waals surface area (Å²) in [6.45, 7) is 12.9. The number of nitrogens with one attached hydrogen (secondary N) is 1. The summed E-state index contributed by atoms with van der Waals surface area (Å²) in [6, 6.07) is 11.7. The number of hydrogen-bond donors (Lipinski definition) is 1. The summed E-state index contributed by atoms with van der Waals surface area (Å²) < 4.78 is 25.6. The van der Waals surface area contributed by atoms with Crippen LogP contribution in [0, 0.1) is 11.7 Å². The summed E-state index contributed by atoms with van der Waals surface area (Å²) in [5, 5.41) is 3.38. The number of likely N-dealkylation sites (tertiary alicyclic amines) is 1. The van der Waals surface area contributed by atoms with Gasteiger partial charge in [0.15, 0.2) is 0 Å². The van der Waals surface area contributed by atoms with Crippen molar-refractivity contribution in [3.8, 4) is 16.9 Å². The van der Waals surface area contributed by atoms with Crippen molar-refractivity contribution >= 4 is 12.0 Å². The van der Waals surface area contributed by atoms with Crippen molar-refractivity contribution < 1.29 is 23.5 Å². The van der Waals surface area contributed by atoms with Gasteiger partial charge in [0.1, 0.15) is 23.3 Å². The number of piperazine rings is 1. The molecule has 2 amide bonds. The Morgan fingerprint density at radius 3 is 2.49 bits per heavy atom. The zero-order valence-corrected chi connectivity index (χ0v) is 22.4. The molecule has 200 valence electrons. The Hall–Kier alpha value is -3.13. The van der Waals surface area contributed by atoms with Crippen LogP contribution in [0.3, 0.4) is 0 Å². The Kier molecular flexibility index (Phi) is 8.07. The van der Waals surface area contributed by atoms with Gasteiger partial charge >= 0.3 is 6.09 Å². The molecule has 0 aliphatic carbocycles. The molecule has 8 heteroatoms. The molecule has 0 unspecified atom stereocenters. The summed E-state index contributed by atoms with van der Waals surface area (Å²) in [5.41, 5.74) is 1.49. The number of carbonyl (C=O) groups is 2. The average Bonchev–Trinajstić information content (AvgIpc) is 3.32. The van der Waals surface area contributed by atoms with Gasteiger partial charge in [-0.15, -0.1) is 0 Å². The molecule has 2 fully saturated rings. The van der Waals surface area contributed by atoms with Crippen molar-refractivity contribution in [2.45, 2.75) is 58.8 Å². The second-order valence-electron chi connectivity index (χ2n) is 11.2. The minimum absolute atomic E-state index is 0.0212. The largest absolute Gasteiger partial charge is 0.488 e. The smallest absolute Gasteiger partial charge is 0.410 e. The minimum Gasteiger partial charge on any atom is -0.488 e. The molecule has 2 aliphatic heterocycles. The highest BCUT2D eigenvalue weighted by molar-refractivity contribution is 5.96. The lowest BCUT2D eigenvalue weighted by molar-refractivity contribution is 0.0275. The molecule has 0 bridgehead atoms. The van der Waals surface area contributed by atoms with Gasteiger partial charge in [0, 0.05) is 49.8 Å². The van der Waals surface area contributed by atoms with Crippen LogP contribution in [-0.2, 0) is 4.74 Å². The third-order valence-electron chi connectivity index (χ3n) is 6.79. The lowest BCUT2D eigenvalue weighted by atomic mass is 9.97. The van der Waals surface area contributed by atoms with Crippen LogP contribution in [0.25, 0.3) is 11.1 Å². The Balaban J connectivity index is 1.58. The molecule has 0 spiro atoms. The van der Waals surface area contributed by atoms with Crippen molar-refractivity contribution in [2.75, 3.05) is 32.7 Å². The van der Waals surface area contributed by atoms with Gasteiger partial charge in [0.05, 0.1) is 6.54 Å². The second-order valence-corrected chi connectivity index (χ2v) is 11.2. The molecule has 2 heterocycles. The highest BCUT2D eigenvalue weighted by atomic mass is 19.1. The van der Waals surface area contributed by atoms with Crippen molar-refractivity contribution in [1.82, 2.24) is 15.1 Å². The minimum atomic E-state index is -0.562. The predicted octanol–water partition coefficient (Wildman–Crippen LogP) is 4.95. The number of halogens is 1. The molecule has 1 N–H and O–H groups in total. The number of nitrogens with zero attached hydrogens (tertiary/aromatic N) is 2. The molecule has 2 atom stereocenters. The zero-order chi connectivity index (χ0) is 26.7. The van der Waals surface area contributed by atoms with E-state index in [9.17, 15) is 14.0 Å². The van der Waals surface area contributed by atoms with Gasteiger partial charge in [-0.3, -0.25) is 4.79 Å². The molecular formula is C29H38FN3O4. The third-order valence-corrected chi connectivity index (χ3v) is 6.79. The van der Waals surface area contributed by atoms with E-state index in [2.05, 4.69) is 19.2 Å². The summed E-state index contributed by atoms with van der Waals surface area (Å²) >= 11 is 0. The van der Waals surface area contributed by atoms with E-state index >= 15 is 0 Å². The summed E-state index contributed by atoms with van der Waals surface area (Å²) in [6.07, 6.45) is 0.0976. The number of carbonyl (C=O) groups excluding carboxylic acids is 2. The highest BCUT2D eigenvalue weighted by Crippen LogP contribution is 2.34. The van der Waals surface area contributed by atoms with Crippen molar-refractivity contribution in [2.24, 2.45) is 5.92 Å². The summed E-state index contributed by atoms with van der Waals surface area (Å²) in [7, 11) is 0. The number of amides is 2. The Labute approximate surface area is 218 Å². The number of ether oxygens (including phenoxy) is 2. The molecule has 2 aromatic rings. The van der Waals surface area contributed by atoms with Gasteiger partial charge in [0.2, 0.25) is 0 Å². The molecule has 4 rings (SSSR count). The maximum atomic E-state index is 13.7. The van der Waals surface area contributed by atoms with Crippen LogP contribution in [-0.4, -0.2) is 72.3 Å². The van der Waals surface area contributed by atoms with Crippen LogP contribution in [0.4, 0.5) is 9.18 Å². The van der Waals surface area contributed by atoms with E-state index in [4.69, 9.17) is 9.47 Å². The summed E-state index contributed by atoms with van der Waals surface area (Å²) in [5.74, 6) is 0.570. The molecular weight excluding hydrogens is 473 g/mol. The molecule has 2 aromatic carbocycles. The molecule has 2 aliphatic rings. The molecule has 0 radical (unpaired) electrons. The van der Waals surface area contributed by atoms with Gasteiger partial charge in [-0.2, -0.15) is 0 Å². The predicted molar refractivity (Wildman–Crippen MR) is 141 cm³/mol. The standard InChI is InChI=1S/C29H38FN3O4/c1-19(2)25-17-31-13-15-33(25)27(34)21-8-11-26(24(16-21)20-6-9-22(30)10-7-20)36-23-12-14-32(18-23)28(35)37-29(3,4)5/h6-11,16,19,23,25,31H,12-15,17-18H2,1-5H3/t23-,25+/m0/s1. The quantitative estimate of drug-likeness (QED) is 0.615. The Morgan fingerprint density at radius 1 is 1.08 bits per heavy atom. The molecule has 0 saturated carbocycles. The van der Waals surface area contributed by atoms with E-state index in [1.54, 1.807) is 23.1 Å². The topological polar surface area (TPSA) is 71.1 Å². The number of hydrogen-bond acceptors (Lipinski definition) is 5. The third kappa shape index (κ3) is 6.60. The van der Waals surface area contributed by atoms with Crippen LogP contribution in [0.15, 0.2) is 42.5 Å². The van der Waals surface area contributed by atoms with Crippen LogP contribution >= 0.6 is 0 Å².